The predicted molar refractivity (Wildman–Crippen MR) is 80.1 cm³/mol. The van der Waals surface area contributed by atoms with Crippen LogP contribution >= 0.6 is 27.3 Å². The maximum absolute atomic E-state index is 12.6. The summed E-state index contributed by atoms with van der Waals surface area (Å²) in [6.45, 7) is 5.23. The molecule has 0 aliphatic heterocycles. The van der Waals surface area contributed by atoms with Crippen LogP contribution in [0.2, 0.25) is 0 Å². The number of nitrogens with zero attached hydrogens (tertiary/aromatic N) is 1. The first-order valence-corrected chi connectivity index (χ1v) is 8.25. The van der Waals surface area contributed by atoms with E-state index >= 15 is 0 Å². The summed E-state index contributed by atoms with van der Waals surface area (Å²) >= 11 is 4.97. The van der Waals surface area contributed by atoms with Crippen molar-refractivity contribution in [2.45, 2.75) is 45.6 Å². The van der Waals surface area contributed by atoms with Gasteiger partial charge in [-0.1, -0.05) is 26.7 Å². The van der Waals surface area contributed by atoms with Crippen molar-refractivity contribution < 1.29 is 4.79 Å². The van der Waals surface area contributed by atoms with E-state index in [1.165, 1.54) is 37.0 Å². The molecular weight excluding hydrogens is 310 g/mol. The first kappa shape index (κ1) is 14.1. The zero-order valence-electron chi connectivity index (χ0n) is 11.0. The van der Waals surface area contributed by atoms with Crippen LogP contribution in [0.25, 0.3) is 0 Å². The van der Waals surface area contributed by atoms with Crippen LogP contribution in [0.4, 0.5) is 0 Å². The zero-order chi connectivity index (χ0) is 13.1. The molecule has 1 heterocycles. The molecule has 1 aromatic rings. The molecule has 1 fully saturated rings. The van der Waals surface area contributed by atoms with Crippen LogP contribution < -0.4 is 0 Å². The summed E-state index contributed by atoms with van der Waals surface area (Å²) in [7, 11) is 0. The minimum absolute atomic E-state index is 0.214. The SMILES string of the molecule is CC(C)CN(C(=O)c1ccc(Br)s1)C1CCCC1. The van der Waals surface area contributed by atoms with Crippen LogP contribution in [0, 0.1) is 5.92 Å². The largest absolute Gasteiger partial charge is 0.335 e. The second kappa shape index (κ2) is 6.20. The minimum Gasteiger partial charge on any atom is -0.335 e. The molecule has 0 unspecified atom stereocenters. The summed E-state index contributed by atoms with van der Waals surface area (Å²) in [5.74, 6) is 0.740. The number of carbonyl (C=O) groups is 1. The Morgan fingerprint density at radius 2 is 2.11 bits per heavy atom. The number of halogens is 1. The number of rotatable bonds is 4. The highest BCUT2D eigenvalue weighted by atomic mass is 79.9. The highest BCUT2D eigenvalue weighted by Gasteiger charge is 2.28. The third-order valence-corrected chi connectivity index (χ3v) is 4.98. The smallest absolute Gasteiger partial charge is 0.264 e. The van der Waals surface area contributed by atoms with Crippen molar-refractivity contribution in [3.63, 3.8) is 0 Å². The van der Waals surface area contributed by atoms with E-state index in [0.29, 0.717) is 12.0 Å². The zero-order valence-corrected chi connectivity index (χ0v) is 13.4. The Morgan fingerprint density at radius 3 is 2.61 bits per heavy atom. The van der Waals surface area contributed by atoms with Crippen LogP contribution in [0.15, 0.2) is 15.9 Å². The Balaban J connectivity index is 2.14. The molecule has 1 amide bonds. The molecule has 0 aromatic carbocycles. The van der Waals surface area contributed by atoms with Crippen molar-refractivity contribution in [1.29, 1.82) is 0 Å². The molecular formula is C14H20BrNOS. The normalized spacial score (nSPS) is 16.4. The van der Waals surface area contributed by atoms with Gasteiger partial charge in [0.05, 0.1) is 8.66 Å². The monoisotopic (exact) mass is 329 g/mol. The number of carbonyl (C=O) groups excluding carboxylic acids is 1. The Morgan fingerprint density at radius 1 is 1.44 bits per heavy atom. The first-order chi connectivity index (χ1) is 8.58. The van der Waals surface area contributed by atoms with Crippen molar-refractivity contribution in [2.24, 2.45) is 5.92 Å². The Bertz CT molecular complexity index is 410. The summed E-state index contributed by atoms with van der Waals surface area (Å²) in [5.41, 5.74) is 0. The van der Waals surface area contributed by atoms with E-state index in [2.05, 4.69) is 34.7 Å². The quantitative estimate of drug-likeness (QED) is 0.793. The van der Waals surface area contributed by atoms with E-state index < -0.39 is 0 Å². The van der Waals surface area contributed by atoms with E-state index in [0.717, 1.165) is 15.2 Å². The van der Waals surface area contributed by atoms with Crippen molar-refractivity contribution in [3.8, 4) is 0 Å². The number of hydrogen-bond acceptors (Lipinski definition) is 2. The van der Waals surface area contributed by atoms with Crippen molar-refractivity contribution in [1.82, 2.24) is 4.90 Å². The maximum Gasteiger partial charge on any atom is 0.264 e. The number of thiophene rings is 1. The highest BCUT2D eigenvalue weighted by molar-refractivity contribution is 9.11. The summed E-state index contributed by atoms with van der Waals surface area (Å²) in [4.78, 5) is 15.6. The fourth-order valence-electron chi connectivity index (χ4n) is 2.58. The van der Waals surface area contributed by atoms with Gasteiger partial charge >= 0.3 is 0 Å². The van der Waals surface area contributed by atoms with Crippen molar-refractivity contribution in [2.75, 3.05) is 6.54 Å². The van der Waals surface area contributed by atoms with Crippen LogP contribution in [0.5, 0.6) is 0 Å². The number of hydrogen-bond donors (Lipinski definition) is 0. The molecule has 2 rings (SSSR count). The van der Waals surface area contributed by atoms with E-state index in [1.807, 2.05) is 12.1 Å². The lowest BCUT2D eigenvalue weighted by molar-refractivity contribution is 0.0660. The van der Waals surface area contributed by atoms with Gasteiger partial charge in [0, 0.05) is 12.6 Å². The van der Waals surface area contributed by atoms with E-state index in [9.17, 15) is 4.79 Å². The summed E-state index contributed by atoms with van der Waals surface area (Å²) in [6, 6.07) is 4.35. The molecule has 18 heavy (non-hydrogen) atoms. The van der Waals surface area contributed by atoms with Gasteiger partial charge in [0.25, 0.3) is 5.91 Å². The average Bonchev–Trinajstić information content (AvgIpc) is 2.95. The van der Waals surface area contributed by atoms with E-state index in [4.69, 9.17) is 0 Å². The van der Waals surface area contributed by atoms with Crippen LogP contribution in [-0.2, 0) is 0 Å². The van der Waals surface area contributed by atoms with Gasteiger partial charge in [-0.05, 0) is 46.8 Å². The molecule has 1 saturated carbocycles. The van der Waals surface area contributed by atoms with Crippen LogP contribution in [-0.4, -0.2) is 23.4 Å². The minimum atomic E-state index is 0.214. The summed E-state index contributed by atoms with van der Waals surface area (Å²) in [5, 5.41) is 0. The molecule has 1 aliphatic rings. The molecule has 0 saturated heterocycles. The van der Waals surface area contributed by atoms with Crippen molar-refractivity contribution >= 4 is 33.2 Å². The molecule has 2 nitrogen and oxygen atoms in total. The first-order valence-electron chi connectivity index (χ1n) is 6.64. The van der Waals surface area contributed by atoms with Gasteiger partial charge < -0.3 is 4.90 Å². The molecule has 100 valence electrons. The third-order valence-electron chi connectivity index (χ3n) is 3.37. The predicted octanol–water partition coefficient (Wildman–Crippen LogP) is 4.55. The topological polar surface area (TPSA) is 20.3 Å². The Kier molecular flexibility index (Phi) is 4.84. The Labute approximate surface area is 122 Å². The molecule has 1 aliphatic carbocycles. The maximum atomic E-state index is 12.6. The molecule has 0 spiro atoms. The second-order valence-corrected chi connectivity index (χ2v) is 7.86. The van der Waals surface area contributed by atoms with E-state index in [1.54, 1.807) is 0 Å². The summed E-state index contributed by atoms with van der Waals surface area (Å²) in [6.07, 6.45) is 4.87. The van der Waals surface area contributed by atoms with Crippen molar-refractivity contribution in [3.05, 3.63) is 20.8 Å². The fourth-order valence-corrected chi connectivity index (χ4v) is 3.92. The summed E-state index contributed by atoms with van der Waals surface area (Å²) < 4.78 is 1.03. The molecule has 1 aromatic heterocycles. The van der Waals surface area contributed by atoms with Gasteiger partial charge in [-0.15, -0.1) is 11.3 Å². The van der Waals surface area contributed by atoms with Gasteiger partial charge in [-0.2, -0.15) is 0 Å². The van der Waals surface area contributed by atoms with Gasteiger partial charge in [0.15, 0.2) is 0 Å². The molecule has 4 heteroatoms. The molecule has 0 bridgehead atoms. The highest BCUT2D eigenvalue weighted by Crippen LogP contribution is 2.29. The third kappa shape index (κ3) is 3.35. The molecule has 0 atom stereocenters. The van der Waals surface area contributed by atoms with E-state index in [-0.39, 0.29) is 5.91 Å². The lowest BCUT2D eigenvalue weighted by Gasteiger charge is -2.30. The lowest BCUT2D eigenvalue weighted by atomic mass is 10.1. The van der Waals surface area contributed by atoms with Gasteiger partial charge in [-0.25, -0.2) is 0 Å². The lowest BCUT2D eigenvalue weighted by Crippen LogP contribution is -2.40. The van der Waals surface area contributed by atoms with Crippen LogP contribution in [0.1, 0.15) is 49.2 Å². The average molecular weight is 330 g/mol. The Hall–Kier alpha value is -0.350. The van der Waals surface area contributed by atoms with Crippen LogP contribution in [0.3, 0.4) is 0 Å². The van der Waals surface area contributed by atoms with Gasteiger partial charge in [0.1, 0.15) is 0 Å². The fraction of sp³-hybridized carbons (Fsp3) is 0.643. The number of amides is 1. The standard InChI is InChI=1S/C14H20BrNOS/c1-10(2)9-16(11-5-3-4-6-11)14(17)12-7-8-13(15)18-12/h7-8,10-11H,3-6,9H2,1-2H3. The van der Waals surface area contributed by atoms with Gasteiger partial charge in [-0.3, -0.25) is 4.79 Å². The molecule has 0 radical (unpaired) electrons. The molecule has 0 N–H and O–H groups in total. The van der Waals surface area contributed by atoms with Gasteiger partial charge in [0.2, 0.25) is 0 Å². The second-order valence-electron chi connectivity index (χ2n) is 5.39.